The second-order valence-electron chi connectivity index (χ2n) is 6.72. The van der Waals surface area contributed by atoms with Crippen molar-refractivity contribution in [1.29, 1.82) is 0 Å². The van der Waals surface area contributed by atoms with E-state index < -0.39 is 12.1 Å². The van der Waals surface area contributed by atoms with Crippen LogP contribution >= 0.6 is 0 Å². The Balaban J connectivity index is 1.65. The van der Waals surface area contributed by atoms with Gasteiger partial charge in [0.2, 0.25) is 0 Å². The zero-order chi connectivity index (χ0) is 18.7. The summed E-state index contributed by atoms with van der Waals surface area (Å²) in [5, 5.41) is 0. The summed E-state index contributed by atoms with van der Waals surface area (Å²) < 4.78 is 5.32. The lowest BCUT2D eigenvalue weighted by Crippen LogP contribution is -2.43. The molecule has 4 heteroatoms. The highest BCUT2D eigenvalue weighted by Crippen LogP contribution is 2.32. The molecule has 0 aliphatic carbocycles. The minimum atomic E-state index is -0.835. The molecule has 0 spiro atoms. The van der Waals surface area contributed by atoms with Gasteiger partial charge >= 0.3 is 5.97 Å². The SMILES string of the molecule is Cc1cccc(/C=C/C(=O)O[C@@H](C)C(=O)N2c3ccccc3C[C@@H]2C)c1. The number of hydrogen-bond acceptors (Lipinski definition) is 3. The minimum Gasteiger partial charge on any atom is -0.449 e. The standard InChI is InChI=1S/C22H23NO3/c1-15-7-6-8-18(13-15)11-12-21(24)26-17(3)22(25)23-16(2)14-19-9-4-5-10-20(19)23/h4-13,16-17H,14H2,1-3H3/b12-11+/t16-,17-/m0/s1. The summed E-state index contributed by atoms with van der Waals surface area (Å²) in [6.45, 7) is 5.62. The summed E-state index contributed by atoms with van der Waals surface area (Å²) in [5.74, 6) is -0.716. The molecule has 0 saturated heterocycles. The number of benzene rings is 2. The van der Waals surface area contributed by atoms with Gasteiger partial charge in [-0.05, 0) is 50.5 Å². The van der Waals surface area contributed by atoms with Crippen molar-refractivity contribution in [2.45, 2.75) is 39.3 Å². The van der Waals surface area contributed by atoms with E-state index in [4.69, 9.17) is 4.74 Å². The van der Waals surface area contributed by atoms with Gasteiger partial charge in [0.15, 0.2) is 6.10 Å². The van der Waals surface area contributed by atoms with Gasteiger partial charge in [-0.1, -0.05) is 48.0 Å². The van der Waals surface area contributed by atoms with E-state index in [9.17, 15) is 9.59 Å². The van der Waals surface area contributed by atoms with Crippen LogP contribution in [0.15, 0.2) is 54.6 Å². The topological polar surface area (TPSA) is 46.6 Å². The van der Waals surface area contributed by atoms with Gasteiger partial charge in [0.05, 0.1) is 0 Å². The van der Waals surface area contributed by atoms with Crippen LogP contribution in [0.5, 0.6) is 0 Å². The number of ether oxygens (including phenoxy) is 1. The molecular formula is C22H23NO3. The van der Waals surface area contributed by atoms with Crippen molar-refractivity contribution in [3.63, 3.8) is 0 Å². The van der Waals surface area contributed by atoms with Crippen LogP contribution in [0.1, 0.15) is 30.5 Å². The fourth-order valence-corrected chi connectivity index (χ4v) is 3.30. The normalized spacial score (nSPS) is 17.2. The number of carbonyl (C=O) groups is 2. The number of hydrogen-bond donors (Lipinski definition) is 0. The van der Waals surface area contributed by atoms with Gasteiger partial charge in [0.1, 0.15) is 0 Å². The average Bonchev–Trinajstić information content (AvgIpc) is 2.95. The molecule has 1 aliphatic heterocycles. The number of para-hydroxylation sites is 1. The Kier molecular flexibility index (Phi) is 5.21. The number of rotatable bonds is 4. The van der Waals surface area contributed by atoms with Crippen molar-refractivity contribution >= 4 is 23.6 Å². The Labute approximate surface area is 154 Å². The monoisotopic (exact) mass is 349 g/mol. The third-order valence-electron chi connectivity index (χ3n) is 4.54. The first kappa shape index (κ1) is 17.9. The Morgan fingerprint density at radius 1 is 1.19 bits per heavy atom. The molecule has 0 N–H and O–H groups in total. The molecule has 2 aromatic rings. The molecule has 2 atom stereocenters. The molecule has 0 fully saturated rings. The lowest BCUT2D eigenvalue weighted by Gasteiger charge is -2.25. The molecule has 2 aromatic carbocycles. The van der Waals surface area contributed by atoms with Crippen LogP contribution in [-0.2, 0) is 20.7 Å². The first-order valence-corrected chi connectivity index (χ1v) is 8.82. The largest absolute Gasteiger partial charge is 0.449 e. The molecule has 1 amide bonds. The van der Waals surface area contributed by atoms with Crippen LogP contribution in [0.4, 0.5) is 5.69 Å². The molecule has 0 bridgehead atoms. The van der Waals surface area contributed by atoms with Crippen molar-refractivity contribution in [3.05, 3.63) is 71.3 Å². The quantitative estimate of drug-likeness (QED) is 0.621. The Bertz CT molecular complexity index is 856. The van der Waals surface area contributed by atoms with Crippen LogP contribution in [0, 0.1) is 6.92 Å². The van der Waals surface area contributed by atoms with E-state index in [0.717, 1.165) is 28.8 Å². The second-order valence-corrected chi connectivity index (χ2v) is 6.72. The average molecular weight is 349 g/mol. The van der Waals surface area contributed by atoms with Crippen molar-refractivity contribution in [2.75, 3.05) is 4.90 Å². The molecule has 4 nitrogen and oxygen atoms in total. The number of aryl methyl sites for hydroxylation is 1. The van der Waals surface area contributed by atoms with Gasteiger partial charge in [-0.3, -0.25) is 4.79 Å². The summed E-state index contributed by atoms with van der Waals surface area (Å²) in [5.41, 5.74) is 4.09. The summed E-state index contributed by atoms with van der Waals surface area (Å²) in [4.78, 5) is 26.6. The Morgan fingerprint density at radius 3 is 2.73 bits per heavy atom. The summed E-state index contributed by atoms with van der Waals surface area (Å²) in [7, 11) is 0. The van der Waals surface area contributed by atoms with Crippen LogP contribution in [0.3, 0.4) is 0 Å². The van der Waals surface area contributed by atoms with Crippen LogP contribution < -0.4 is 4.90 Å². The fourth-order valence-electron chi connectivity index (χ4n) is 3.30. The summed E-state index contributed by atoms with van der Waals surface area (Å²) in [6.07, 6.45) is 3.04. The van der Waals surface area contributed by atoms with E-state index >= 15 is 0 Å². The number of anilines is 1. The molecule has 1 heterocycles. The van der Waals surface area contributed by atoms with E-state index in [1.165, 1.54) is 6.08 Å². The zero-order valence-electron chi connectivity index (χ0n) is 15.3. The predicted octanol–water partition coefficient (Wildman–Crippen LogP) is 3.92. The molecule has 3 rings (SSSR count). The third kappa shape index (κ3) is 3.85. The minimum absolute atomic E-state index is 0.0592. The van der Waals surface area contributed by atoms with E-state index in [1.54, 1.807) is 17.9 Å². The number of esters is 1. The van der Waals surface area contributed by atoms with Crippen molar-refractivity contribution in [3.8, 4) is 0 Å². The van der Waals surface area contributed by atoms with Crippen LogP contribution in [0.2, 0.25) is 0 Å². The summed E-state index contributed by atoms with van der Waals surface area (Å²) in [6, 6.07) is 15.7. The smallest absolute Gasteiger partial charge is 0.331 e. The van der Waals surface area contributed by atoms with Gasteiger partial charge in [0, 0.05) is 17.8 Å². The molecule has 134 valence electrons. The van der Waals surface area contributed by atoms with E-state index in [1.807, 2.05) is 62.4 Å². The first-order valence-electron chi connectivity index (χ1n) is 8.82. The molecule has 26 heavy (non-hydrogen) atoms. The van der Waals surface area contributed by atoms with E-state index in [0.29, 0.717) is 0 Å². The number of nitrogens with zero attached hydrogens (tertiary/aromatic N) is 1. The highest BCUT2D eigenvalue weighted by Gasteiger charge is 2.34. The van der Waals surface area contributed by atoms with Gasteiger partial charge < -0.3 is 9.64 Å². The van der Waals surface area contributed by atoms with Crippen molar-refractivity contribution < 1.29 is 14.3 Å². The van der Waals surface area contributed by atoms with E-state index in [-0.39, 0.29) is 11.9 Å². The maximum atomic E-state index is 12.8. The van der Waals surface area contributed by atoms with Crippen LogP contribution in [0.25, 0.3) is 6.08 Å². The molecule has 0 saturated carbocycles. The zero-order valence-corrected chi connectivity index (χ0v) is 15.3. The number of fused-ring (bicyclic) bond motifs is 1. The predicted molar refractivity (Wildman–Crippen MR) is 103 cm³/mol. The second kappa shape index (κ2) is 7.56. The van der Waals surface area contributed by atoms with Gasteiger partial charge in [-0.25, -0.2) is 4.79 Å². The molecule has 0 unspecified atom stereocenters. The van der Waals surface area contributed by atoms with E-state index in [2.05, 4.69) is 0 Å². The van der Waals surface area contributed by atoms with Gasteiger partial charge in [-0.15, -0.1) is 0 Å². The maximum Gasteiger partial charge on any atom is 0.331 e. The molecule has 1 aliphatic rings. The summed E-state index contributed by atoms with van der Waals surface area (Å²) >= 11 is 0. The van der Waals surface area contributed by atoms with Crippen LogP contribution in [-0.4, -0.2) is 24.0 Å². The molecule has 0 aromatic heterocycles. The Hall–Kier alpha value is -2.88. The first-order chi connectivity index (χ1) is 12.5. The molecule has 0 radical (unpaired) electrons. The maximum absolute atomic E-state index is 12.8. The molecular weight excluding hydrogens is 326 g/mol. The fraction of sp³-hybridized carbons (Fsp3) is 0.273. The number of amides is 1. The Morgan fingerprint density at radius 2 is 1.96 bits per heavy atom. The van der Waals surface area contributed by atoms with Gasteiger partial charge in [0.25, 0.3) is 5.91 Å². The number of carbonyl (C=O) groups excluding carboxylic acids is 2. The highest BCUT2D eigenvalue weighted by molar-refractivity contribution is 6.00. The van der Waals surface area contributed by atoms with Gasteiger partial charge in [-0.2, -0.15) is 0 Å². The van der Waals surface area contributed by atoms with Crippen molar-refractivity contribution in [2.24, 2.45) is 0 Å². The lowest BCUT2D eigenvalue weighted by molar-refractivity contribution is -0.149. The lowest BCUT2D eigenvalue weighted by atomic mass is 10.1. The third-order valence-corrected chi connectivity index (χ3v) is 4.54. The van der Waals surface area contributed by atoms with Crippen molar-refractivity contribution in [1.82, 2.24) is 0 Å². The highest BCUT2D eigenvalue weighted by atomic mass is 16.5.